The van der Waals surface area contributed by atoms with Crippen LogP contribution in [0.4, 0.5) is 5.69 Å². The van der Waals surface area contributed by atoms with Crippen molar-refractivity contribution < 1.29 is 9.53 Å². The first kappa shape index (κ1) is 20.0. The number of nitriles is 1. The van der Waals surface area contributed by atoms with Gasteiger partial charge in [-0.15, -0.1) is 0 Å². The SMILES string of the molecule is COc1ccc(-n2c(C)cc(/C=C(/C#N)C(=O)Nc3ccc(C)cc3)c2C)cc1. The van der Waals surface area contributed by atoms with Gasteiger partial charge >= 0.3 is 0 Å². The number of aromatic nitrogens is 1. The van der Waals surface area contributed by atoms with E-state index in [1.807, 2.05) is 81.4 Å². The molecule has 2 aromatic carbocycles. The largest absolute Gasteiger partial charge is 0.497 e. The van der Waals surface area contributed by atoms with Crippen molar-refractivity contribution in [3.05, 3.63) is 82.7 Å². The lowest BCUT2D eigenvalue weighted by Gasteiger charge is -2.10. The van der Waals surface area contributed by atoms with Crippen molar-refractivity contribution in [2.75, 3.05) is 12.4 Å². The smallest absolute Gasteiger partial charge is 0.266 e. The highest BCUT2D eigenvalue weighted by molar-refractivity contribution is 6.09. The second kappa shape index (κ2) is 8.49. The van der Waals surface area contributed by atoms with E-state index in [-0.39, 0.29) is 5.57 Å². The minimum atomic E-state index is -0.425. The molecule has 0 unspecified atom stereocenters. The molecule has 0 bridgehead atoms. The van der Waals surface area contributed by atoms with Gasteiger partial charge in [0.2, 0.25) is 0 Å². The van der Waals surface area contributed by atoms with Crippen LogP contribution in [0.25, 0.3) is 11.8 Å². The van der Waals surface area contributed by atoms with Gasteiger partial charge in [-0.05, 0) is 74.9 Å². The standard InChI is InChI=1S/C24H23N3O2/c1-16-5-7-21(8-6-16)26-24(28)20(15-25)14-19-13-17(2)27(18(19)3)22-9-11-23(29-4)12-10-22/h5-14H,1-4H3,(H,26,28)/b20-14-. The molecule has 3 rings (SSSR count). The number of nitrogens with zero attached hydrogens (tertiary/aromatic N) is 2. The number of benzene rings is 2. The molecular weight excluding hydrogens is 362 g/mol. The first-order valence-electron chi connectivity index (χ1n) is 9.26. The Morgan fingerprint density at radius 1 is 1.07 bits per heavy atom. The number of amides is 1. The second-order valence-electron chi connectivity index (χ2n) is 6.85. The minimum Gasteiger partial charge on any atom is -0.497 e. The predicted octanol–water partition coefficient (Wildman–Crippen LogP) is 4.96. The summed E-state index contributed by atoms with van der Waals surface area (Å²) in [7, 11) is 1.63. The minimum absolute atomic E-state index is 0.0561. The van der Waals surface area contributed by atoms with Crippen molar-refractivity contribution in [1.82, 2.24) is 4.57 Å². The van der Waals surface area contributed by atoms with Crippen LogP contribution in [0, 0.1) is 32.1 Å². The van der Waals surface area contributed by atoms with Gasteiger partial charge in [0, 0.05) is 22.8 Å². The van der Waals surface area contributed by atoms with Crippen LogP contribution in [0.2, 0.25) is 0 Å². The van der Waals surface area contributed by atoms with Crippen LogP contribution in [-0.2, 0) is 4.79 Å². The van der Waals surface area contributed by atoms with Gasteiger partial charge in [0.15, 0.2) is 0 Å². The predicted molar refractivity (Wildman–Crippen MR) is 115 cm³/mol. The van der Waals surface area contributed by atoms with E-state index >= 15 is 0 Å². The van der Waals surface area contributed by atoms with Crippen LogP contribution >= 0.6 is 0 Å². The summed E-state index contributed by atoms with van der Waals surface area (Å²) in [4.78, 5) is 12.6. The Kier molecular flexibility index (Phi) is 5.85. The third-order valence-corrected chi connectivity index (χ3v) is 4.78. The maximum atomic E-state index is 12.6. The molecule has 0 aliphatic rings. The summed E-state index contributed by atoms with van der Waals surface area (Å²) in [5.74, 6) is 0.362. The lowest BCUT2D eigenvalue weighted by molar-refractivity contribution is -0.112. The molecule has 1 aromatic heterocycles. The maximum Gasteiger partial charge on any atom is 0.266 e. The van der Waals surface area contributed by atoms with Gasteiger partial charge in [0.25, 0.3) is 5.91 Å². The van der Waals surface area contributed by atoms with E-state index in [0.29, 0.717) is 5.69 Å². The highest BCUT2D eigenvalue weighted by atomic mass is 16.5. The van der Waals surface area contributed by atoms with Crippen LogP contribution in [0.3, 0.4) is 0 Å². The Morgan fingerprint density at radius 2 is 1.72 bits per heavy atom. The highest BCUT2D eigenvalue weighted by Gasteiger charge is 2.14. The third kappa shape index (κ3) is 4.39. The summed E-state index contributed by atoms with van der Waals surface area (Å²) >= 11 is 0. The molecule has 3 aromatic rings. The van der Waals surface area contributed by atoms with Crippen molar-refractivity contribution >= 4 is 17.7 Å². The average Bonchev–Trinajstić information content (AvgIpc) is 3.00. The molecular formula is C24H23N3O2. The number of aryl methyl sites for hydroxylation is 2. The fourth-order valence-electron chi connectivity index (χ4n) is 3.20. The van der Waals surface area contributed by atoms with Crippen molar-refractivity contribution in [2.45, 2.75) is 20.8 Å². The molecule has 29 heavy (non-hydrogen) atoms. The topological polar surface area (TPSA) is 67.0 Å². The van der Waals surface area contributed by atoms with Crippen LogP contribution in [0.15, 0.2) is 60.2 Å². The van der Waals surface area contributed by atoms with Crippen LogP contribution in [0.1, 0.15) is 22.5 Å². The quantitative estimate of drug-likeness (QED) is 0.499. The van der Waals surface area contributed by atoms with Crippen molar-refractivity contribution in [1.29, 1.82) is 5.26 Å². The molecule has 0 aliphatic carbocycles. The molecule has 1 amide bonds. The molecule has 1 heterocycles. The fraction of sp³-hybridized carbons (Fsp3) is 0.167. The normalized spacial score (nSPS) is 11.1. The van der Waals surface area contributed by atoms with Crippen molar-refractivity contribution in [3.8, 4) is 17.5 Å². The van der Waals surface area contributed by atoms with Gasteiger partial charge < -0.3 is 14.6 Å². The van der Waals surface area contributed by atoms with E-state index < -0.39 is 5.91 Å². The molecule has 0 fully saturated rings. The summed E-state index contributed by atoms with van der Waals surface area (Å²) in [6, 6.07) is 19.2. The van der Waals surface area contributed by atoms with E-state index in [0.717, 1.165) is 34.0 Å². The molecule has 146 valence electrons. The Balaban J connectivity index is 1.90. The van der Waals surface area contributed by atoms with Gasteiger partial charge in [0.05, 0.1) is 7.11 Å². The molecule has 5 heteroatoms. The monoisotopic (exact) mass is 385 g/mol. The van der Waals surface area contributed by atoms with Gasteiger partial charge in [-0.1, -0.05) is 17.7 Å². The Bertz CT molecular complexity index is 1100. The van der Waals surface area contributed by atoms with E-state index in [1.165, 1.54) is 0 Å². The van der Waals surface area contributed by atoms with Crippen molar-refractivity contribution in [2.24, 2.45) is 0 Å². The molecule has 0 saturated carbocycles. The zero-order valence-electron chi connectivity index (χ0n) is 17.0. The lowest BCUT2D eigenvalue weighted by Crippen LogP contribution is -2.13. The number of carbonyl (C=O) groups is 1. The molecule has 1 N–H and O–H groups in total. The van der Waals surface area contributed by atoms with E-state index in [2.05, 4.69) is 9.88 Å². The van der Waals surface area contributed by atoms with Crippen LogP contribution < -0.4 is 10.1 Å². The molecule has 0 spiro atoms. The summed E-state index contributed by atoms with van der Waals surface area (Å²) in [5.41, 5.74) is 5.59. The summed E-state index contributed by atoms with van der Waals surface area (Å²) in [6.07, 6.45) is 1.63. The number of nitrogens with one attached hydrogen (secondary N) is 1. The Hall–Kier alpha value is -3.78. The number of carbonyl (C=O) groups excluding carboxylic acids is 1. The molecule has 5 nitrogen and oxygen atoms in total. The van der Waals surface area contributed by atoms with E-state index in [1.54, 1.807) is 13.2 Å². The molecule has 0 radical (unpaired) electrons. The number of anilines is 1. The number of rotatable bonds is 5. The average molecular weight is 385 g/mol. The molecule has 0 atom stereocenters. The fourth-order valence-corrected chi connectivity index (χ4v) is 3.20. The van der Waals surface area contributed by atoms with Gasteiger partial charge in [-0.3, -0.25) is 4.79 Å². The Labute approximate surface area is 170 Å². The van der Waals surface area contributed by atoms with Crippen LogP contribution in [-0.4, -0.2) is 17.6 Å². The summed E-state index contributed by atoms with van der Waals surface area (Å²) in [6.45, 7) is 5.94. The second-order valence-corrected chi connectivity index (χ2v) is 6.85. The maximum absolute atomic E-state index is 12.6. The zero-order valence-corrected chi connectivity index (χ0v) is 17.0. The summed E-state index contributed by atoms with van der Waals surface area (Å²) < 4.78 is 7.30. The summed E-state index contributed by atoms with van der Waals surface area (Å²) in [5, 5.41) is 12.3. The first-order chi connectivity index (χ1) is 13.9. The molecule has 0 saturated heterocycles. The van der Waals surface area contributed by atoms with Crippen molar-refractivity contribution in [3.63, 3.8) is 0 Å². The van der Waals surface area contributed by atoms with E-state index in [9.17, 15) is 10.1 Å². The number of hydrogen-bond acceptors (Lipinski definition) is 3. The molecule has 0 aliphatic heterocycles. The number of hydrogen-bond donors (Lipinski definition) is 1. The number of methoxy groups -OCH3 is 1. The highest BCUT2D eigenvalue weighted by Crippen LogP contribution is 2.24. The third-order valence-electron chi connectivity index (χ3n) is 4.78. The van der Waals surface area contributed by atoms with Gasteiger partial charge in [-0.2, -0.15) is 5.26 Å². The zero-order chi connectivity index (χ0) is 21.0. The lowest BCUT2D eigenvalue weighted by atomic mass is 10.1. The van der Waals surface area contributed by atoms with Gasteiger partial charge in [-0.25, -0.2) is 0 Å². The van der Waals surface area contributed by atoms with Crippen LogP contribution in [0.5, 0.6) is 5.75 Å². The Morgan fingerprint density at radius 3 is 2.31 bits per heavy atom. The first-order valence-corrected chi connectivity index (χ1v) is 9.26. The van der Waals surface area contributed by atoms with Gasteiger partial charge in [0.1, 0.15) is 17.4 Å². The van der Waals surface area contributed by atoms with E-state index in [4.69, 9.17) is 4.74 Å². The number of ether oxygens (including phenoxy) is 1.